The van der Waals surface area contributed by atoms with E-state index in [0.717, 1.165) is 5.56 Å². The van der Waals surface area contributed by atoms with Crippen LogP contribution in [0.4, 0.5) is 18.9 Å². The molecule has 3 rings (SSSR count). The molecule has 0 atom stereocenters. The van der Waals surface area contributed by atoms with Crippen LogP contribution in [0.3, 0.4) is 0 Å². The third-order valence-corrected chi connectivity index (χ3v) is 4.30. The maximum atomic E-state index is 12.5. The number of rotatable bonds is 4. The summed E-state index contributed by atoms with van der Waals surface area (Å²) < 4.78 is 41.7. The second kappa shape index (κ2) is 7.69. The molecule has 0 aliphatic rings. The maximum Gasteiger partial charge on any atom is 0.471 e. The summed E-state index contributed by atoms with van der Waals surface area (Å²) in [6, 6.07) is 14.1. The molecule has 29 heavy (non-hydrogen) atoms. The van der Waals surface area contributed by atoms with Crippen molar-refractivity contribution in [3.8, 4) is 0 Å². The number of anilines is 1. The van der Waals surface area contributed by atoms with Crippen molar-refractivity contribution < 1.29 is 22.5 Å². The van der Waals surface area contributed by atoms with Crippen molar-refractivity contribution in [1.82, 2.24) is 10.1 Å². The van der Waals surface area contributed by atoms with Gasteiger partial charge in [-0.05, 0) is 40.8 Å². The average molecular weight is 403 g/mol. The number of nitrogens with one attached hydrogen (secondary N) is 1. The van der Waals surface area contributed by atoms with Crippen LogP contribution >= 0.6 is 0 Å². The van der Waals surface area contributed by atoms with Crippen molar-refractivity contribution in [2.75, 3.05) is 5.32 Å². The van der Waals surface area contributed by atoms with E-state index in [1.807, 2.05) is 24.3 Å². The van der Waals surface area contributed by atoms with Crippen LogP contribution < -0.4 is 5.32 Å². The number of hydrogen-bond donors (Lipinski definition) is 1. The zero-order valence-electron chi connectivity index (χ0n) is 16.2. The second-order valence-corrected chi connectivity index (χ2v) is 7.67. The van der Waals surface area contributed by atoms with E-state index < -0.39 is 12.1 Å². The van der Waals surface area contributed by atoms with Crippen molar-refractivity contribution in [1.29, 1.82) is 0 Å². The normalized spacial score (nSPS) is 12.1. The number of hydrogen-bond acceptors (Lipinski definition) is 4. The summed E-state index contributed by atoms with van der Waals surface area (Å²) in [7, 11) is 0. The van der Waals surface area contributed by atoms with E-state index in [9.17, 15) is 18.0 Å². The monoisotopic (exact) mass is 403 g/mol. The van der Waals surface area contributed by atoms with Crippen molar-refractivity contribution >= 4 is 11.6 Å². The maximum absolute atomic E-state index is 12.5. The van der Waals surface area contributed by atoms with Crippen LogP contribution in [0.25, 0.3) is 0 Å². The fourth-order valence-electron chi connectivity index (χ4n) is 2.65. The second-order valence-electron chi connectivity index (χ2n) is 7.67. The molecular weight excluding hydrogens is 383 g/mol. The molecule has 0 aliphatic heterocycles. The van der Waals surface area contributed by atoms with Gasteiger partial charge < -0.3 is 9.84 Å². The summed E-state index contributed by atoms with van der Waals surface area (Å²) in [4.78, 5) is 15.7. The quantitative estimate of drug-likeness (QED) is 0.648. The Bertz CT molecular complexity index is 986. The van der Waals surface area contributed by atoms with E-state index >= 15 is 0 Å². The van der Waals surface area contributed by atoms with Gasteiger partial charge >= 0.3 is 12.1 Å². The lowest BCUT2D eigenvalue weighted by Gasteiger charge is -2.19. The number of nitrogens with zero attached hydrogens (tertiary/aromatic N) is 2. The molecule has 0 bridgehead atoms. The summed E-state index contributed by atoms with van der Waals surface area (Å²) in [5, 5.41) is 6.15. The van der Waals surface area contributed by atoms with Crippen molar-refractivity contribution in [3.63, 3.8) is 0 Å². The molecule has 1 N–H and O–H groups in total. The molecule has 5 nitrogen and oxygen atoms in total. The number of carbonyl (C=O) groups is 1. The Kier molecular flexibility index (Phi) is 5.46. The summed E-state index contributed by atoms with van der Waals surface area (Å²) in [5.74, 6) is -1.73. The molecule has 2 aromatic carbocycles. The lowest BCUT2D eigenvalue weighted by Crippen LogP contribution is -2.13. The van der Waals surface area contributed by atoms with Crippen LogP contribution in [0.1, 0.15) is 54.0 Å². The molecule has 1 amide bonds. The van der Waals surface area contributed by atoms with Gasteiger partial charge in [0.1, 0.15) is 0 Å². The fraction of sp³-hybridized carbons (Fsp3) is 0.286. The lowest BCUT2D eigenvalue weighted by atomic mass is 9.87. The Morgan fingerprint density at radius 3 is 2.14 bits per heavy atom. The van der Waals surface area contributed by atoms with Crippen molar-refractivity contribution in [3.05, 3.63) is 76.9 Å². The van der Waals surface area contributed by atoms with Crippen LogP contribution in [0.2, 0.25) is 0 Å². The highest BCUT2D eigenvalue weighted by molar-refractivity contribution is 6.04. The Balaban J connectivity index is 1.63. The van der Waals surface area contributed by atoms with Crippen LogP contribution in [0.15, 0.2) is 53.1 Å². The van der Waals surface area contributed by atoms with Gasteiger partial charge in [0.25, 0.3) is 5.91 Å². The lowest BCUT2D eigenvalue weighted by molar-refractivity contribution is -0.159. The van der Waals surface area contributed by atoms with Crippen LogP contribution in [0, 0.1) is 0 Å². The molecule has 152 valence electrons. The van der Waals surface area contributed by atoms with Gasteiger partial charge in [0.05, 0.1) is 0 Å². The number of carbonyl (C=O) groups excluding carboxylic acids is 1. The van der Waals surface area contributed by atoms with Crippen molar-refractivity contribution in [2.45, 2.75) is 38.8 Å². The summed E-state index contributed by atoms with van der Waals surface area (Å²) in [6.07, 6.45) is -4.60. The zero-order chi connectivity index (χ0) is 21.2. The fourth-order valence-corrected chi connectivity index (χ4v) is 2.65. The summed E-state index contributed by atoms with van der Waals surface area (Å²) in [5.41, 5.74) is 2.95. The highest BCUT2D eigenvalue weighted by Gasteiger charge is 2.38. The largest absolute Gasteiger partial charge is 0.471 e. The average Bonchev–Trinajstić information content (AvgIpc) is 3.11. The van der Waals surface area contributed by atoms with E-state index in [-0.39, 0.29) is 23.6 Å². The third kappa shape index (κ3) is 5.22. The van der Waals surface area contributed by atoms with Gasteiger partial charge in [0, 0.05) is 17.7 Å². The first kappa shape index (κ1) is 20.6. The molecule has 0 saturated heterocycles. The molecule has 0 fully saturated rings. The Hall–Kier alpha value is -3.16. The predicted molar refractivity (Wildman–Crippen MR) is 102 cm³/mol. The highest BCUT2D eigenvalue weighted by Crippen LogP contribution is 2.27. The van der Waals surface area contributed by atoms with Gasteiger partial charge in [-0.25, -0.2) is 0 Å². The van der Waals surface area contributed by atoms with Crippen LogP contribution in [-0.2, 0) is 18.0 Å². The van der Waals surface area contributed by atoms with Crippen LogP contribution in [0.5, 0.6) is 0 Å². The van der Waals surface area contributed by atoms with Crippen molar-refractivity contribution in [2.24, 2.45) is 0 Å². The molecule has 1 aromatic heterocycles. The van der Waals surface area contributed by atoms with Gasteiger partial charge in [-0.3, -0.25) is 4.79 Å². The number of amides is 1. The summed E-state index contributed by atoms with van der Waals surface area (Å²) >= 11 is 0. The SMILES string of the molecule is CC(C)(C)c1ccc(NC(=O)c2ccc(Cc3noc(C(F)(F)F)n3)cc2)cc1. The van der Waals surface area contributed by atoms with Gasteiger partial charge in [-0.1, -0.05) is 50.2 Å². The topological polar surface area (TPSA) is 68.0 Å². The molecule has 0 saturated carbocycles. The summed E-state index contributed by atoms with van der Waals surface area (Å²) in [6.45, 7) is 6.34. The van der Waals surface area contributed by atoms with Gasteiger partial charge in [-0.2, -0.15) is 18.2 Å². The smallest absolute Gasteiger partial charge is 0.329 e. The minimum absolute atomic E-state index is 0.0257. The van der Waals surface area contributed by atoms with Gasteiger partial charge in [-0.15, -0.1) is 0 Å². The molecule has 3 aromatic rings. The van der Waals surface area contributed by atoms with E-state index in [1.165, 1.54) is 0 Å². The Morgan fingerprint density at radius 2 is 1.62 bits per heavy atom. The third-order valence-electron chi connectivity index (χ3n) is 4.30. The highest BCUT2D eigenvalue weighted by atomic mass is 19.4. The zero-order valence-corrected chi connectivity index (χ0v) is 16.2. The molecule has 1 heterocycles. The Labute approximate surface area is 165 Å². The van der Waals surface area contributed by atoms with E-state index in [1.54, 1.807) is 24.3 Å². The number of aromatic nitrogens is 2. The number of alkyl halides is 3. The van der Waals surface area contributed by atoms with E-state index in [0.29, 0.717) is 16.8 Å². The number of halogens is 3. The van der Waals surface area contributed by atoms with Crippen LogP contribution in [-0.4, -0.2) is 16.0 Å². The Morgan fingerprint density at radius 1 is 1.00 bits per heavy atom. The minimum atomic E-state index is -4.67. The van der Waals surface area contributed by atoms with E-state index in [4.69, 9.17) is 0 Å². The first-order chi connectivity index (χ1) is 13.5. The first-order valence-electron chi connectivity index (χ1n) is 8.93. The number of benzene rings is 2. The van der Waals surface area contributed by atoms with E-state index in [2.05, 4.69) is 40.8 Å². The molecule has 0 spiro atoms. The van der Waals surface area contributed by atoms with Gasteiger partial charge in [0.2, 0.25) is 0 Å². The predicted octanol–water partition coefficient (Wildman–Crippen LogP) is 5.23. The molecule has 0 unspecified atom stereocenters. The molecule has 0 aliphatic carbocycles. The van der Waals surface area contributed by atoms with Gasteiger partial charge in [0.15, 0.2) is 5.82 Å². The molecule has 8 heteroatoms. The minimum Gasteiger partial charge on any atom is -0.329 e. The first-order valence-corrected chi connectivity index (χ1v) is 8.93. The molecule has 0 radical (unpaired) electrons. The standard InChI is InChI=1S/C21H20F3N3O2/c1-20(2,3)15-8-10-16(11-9-15)25-18(28)14-6-4-13(5-7-14)12-17-26-19(29-27-17)21(22,23)24/h4-11H,12H2,1-3H3,(H,25,28). The molecular formula is C21H20F3N3O2.